The van der Waals surface area contributed by atoms with Crippen molar-refractivity contribution in [2.75, 3.05) is 7.11 Å². The molecule has 1 N–H and O–H groups in total. The SMILES string of the molecule is COc1cc(C)cc(C)c1-c1cc(=S)nc(C(C)C)[nH]1. The Morgan fingerprint density at radius 2 is 1.90 bits per heavy atom. The molecule has 0 spiro atoms. The van der Waals surface area contributed by atoms with Crippen molar-refractivity contribution in [2.24, 2.45) is 0 Å². The molecule has 2 rings (SSSR count). The molecule has 0 aliphatic heterocycles. The zero-order chi connectivity index (χ0) is 14.9. The number of aryl methyl sites for hydroxylation is 2. The lowest BCUT2D eigenvalue weighted by molar-refractivity contribution is 0.415. The van der Waals surface area contributed by atoms with E-state index in [1.165, 1.54) is 5.56 Å². The van der Waals surface area contributed by atoms with Crippen LogP contribution >= 0.6 is 12.2 Å². The van der Waals surface area contributed by atoms with Crippen molar-refractivity contribution in [3.8, 4) is 17.0 Å². The van der Waals surface area contributed by atoms with Gasteiger partial charge < -0.3 is 9.72 Å². The summed E-state index contributed by atoms with van der Waals surface area (Å²) in [6.07, 6.45) is 0. The number of hydrogen-bond acceptors (Lipinski definition) is 3. The van der Waals surface area contributed by atoms with E-state index in [-0.39, 0.29) is 0 Å². The molecule has 4 heteroatoms. The van der Waals surface area contributed by atoms with Gasteiger partial charge in [0.15, 0.2) is 0 Å². The largest absolute Gasteiger partial charge is 0.496 e. The number of ether oxygens (including phenoxy) is 1. The van der Waals surface area contributed by atoms with Crippen LogP contribution in [0.25, 0.3) is 11.3 Å². The topological polar surface area (TPSA) is 37.9 Å². The van der Waals surface area contributed by atoms with Crippen molar-refractivity contribution in [3.05, 3.63) is 39.8 Å². The lowest BCUT2D eigenvalue weighted by Gasteiger charge is -2.15. The van der Waals surface area contributed by atoms with Gasteiger partial charge in [0.1, 0.15) is 16.2 Å². The first-order valence-electron chi connectivity index (χ1n) is 6.69. The molecule has 0 aliphatic rings. The van der Waals surface area contributed by atoms with Crippen LogP contribution in [0.2, 0.25) is 0 Å². The lowest BCUT2D eigenvalue weighted by atomic mass is 10.0. The molecule has 0 fully saturated rings. The minimum Gasteiger partial charge on any atom is -0.496 e. The first kappa shape index (κ1) is 14.7. The van der Waals surface area contributed by atoms with E-state index in [4.69, 9.17) is 17.0 Å². The van der Waals surface area contributed by atoms with Crippen LogP contribution in [0.15, 0.2) is 18.2 Å². The van der Waals surface area contributed by atoms with E-state index in [9.17, 15) is 0 Å². The molecule has 0 bridgehead atoms. The summed E-state index contributed by atoms with van der Waals surface area (Å²) < 4.78 is 6.13. The third kappa shape index (κ3) is 2.90. The van der Waals surface area contributed by atoms with Crippen LogP contribution in [-0.4, -0.2) is 17.1 Å². The Kier molecular flexibility index (Phi) is 4.23. The van der Waals surface area contributed by atoms with Crippen LogP contribution in [0, 0.1) is 18.5 Å². The number of benzene rings is 1. The quantitative estimate of drug-likeness (QED) is 0.842. The highest BCUT2D eigenvalue weighted by molar-refractivity contribution is 7.71. The molecule has 20 heavy (non-hydrogen) atoms. The minimum atomic E-state index is 0.299. The number of nitrogens with zero attached hydrogens (tertiary/aromatic N) is 1. The normalized spacial score (nSPS) is 10.9. The van der Waals surface area contributed by atoms with Crippen LogP contribution in [0.4, 0.5) is 0 Å². The third-order valence-electron chi connectivity index (χ3n) is 3.24. The van der Waals surface area contributed by atoms with Crippen molar-refractivity contribution in [1.29, 1.82) is 0 Å². The number of methoxy groups -OCH3 is 1. The predicted octanol–water partition coefficient (Wildman–Crippen LogP) is 4.56. The summed E-state index contributed by atoms with van der Waals surface area (Å²) in [6, 6.07) is 6.07. The molecule has 0 unspecified atom stereocenters. The molecule has 0 atom stereocenters. The number of H-pyrrole nitrogens is 1. The monoisotopic (exact) mass is 288 g/mol. The van der Waals surface area contributed by atoms with E-state index in [1.54, 1.807) is 7.11 Å². The summed E-state index contributed by atoms with van der Waals surface area (Å²) in [7, 11) is 1.69. The third-order valence-corrected chi connectivity index (χ3v) is 3.45. The Hall–Kier alpha value is -1.68. The average molecular weight is 288 g/mol. The van der Waals surface area contributed by atoms with E-state index in [2.05, 4.69) is 43.7 Å². The average Bonchev–Trinajstić information content (AvgIpc) is 2.36. The summed E-state index contributed by atoms with van der Waals surface area (Å²) in [5.41, 5.74) is 4.35. The highest BCUT2D eigenvalue weighted by Crippen LogP contribution is 2.33. The van der Waals surface area contributed by atoms with Crippen LogP contribution in [0.3, 0.4) is 0 Å². The molecular formula is C16H20N2OS. The Labute approximate surface area is 125 Å². The van der Waals surface area contributed by atoms with Crippen LogP contribution in [0.1, 0.15) is 36.7 Å². The van der Waals surface area contributed by atoms with Crippen molar-refractivity contribution < 1.29 is 4.74 Å². The van der Waals surface area contributed by atoms with E-state index < -0.39 is 0 Å². The standard InChI is InChI=1S/C16H20N2OS/c1-9(2)16-17-12(8-14(20)18-16)15-11(4)6-10(3)7-13(15)19-5/h6-9H,1-5H3,(H,17,18,20). The molecule has 0 saturated heterocycles. The van der Waals surface area contributed by atoms with Gasteiger partial charge in [-0.15, -0.1) is 0 Å². The van der Waals surface area contributed by atoms with Crippen LogP contribution in [0.5, 0.6) is 5.75 Å². The number of rotatable bonds is 3. The molecule has 1 aromatic carbocycles. The second kappa shape index (κ2) is 5.75. The Bertz CT molecular complexity index is 689. The van der Waals surface area contributed by atoms with Crippen LogP contribution < -0.4 is 4.74 Å². The van der Waals surface area contributed by atoms with Gasteiger partial charge in [-0.05, 0) is 37.1 Å². The molecule has 0 saturated carbocycles. The zero-order valence-electron chi connectivity index (χ0n) is 12.6. The van der Waals surface area contributed by atoms with Crippen molar-refractivity contribution in [3.63, 3.8) is 0 Å². The van der Waals surface area contributed by atoms with Crippen molar-refractivity contribution in [1.82, 2.24) is 9.97 Å². The molecule has 3 nitrogen and oxygen atoms in total. The fourth-order valence-electron chi connectivity index (χ4n) is 2.32. The number of nitrogens with one attached hydrogen (secondary N) is 1. The van der Waals surface area contributed by atoms with Gasteiger partial charge in [-0.2, -0.15) is 0 Å². The molecular weight excluding hydrogens is 268 g/mol. The Morgan fingerprint density at radius 3 is 2.50 bits per heavy atom. The Morgan fingerprint density at radius 1 is 1.20 bits per heavy atom. The van der Waals surface area contributed by atoms with Crippen LogP contribution in [-0.2, 0) is 0 Å². The van der Waals surface area contributed by atoms with Gasteiger partial charge in [0.05, 0.1) is 12.8 Å². The van der Waals surface area contributed by atoms with E-state index >= 15 is 0 Å². The van der Waals surface area contributed by atoms with E-state index in [0.717, 1.165) is 28.4 Å². The fraction of sp³-hybridized carbons (Fsp3) is 0.375. The van der Waals surface area contributed by atoms with Gasteiger partial charge in [0, 0.05) is 11.5 Å². The van der Waals surface area contributed by atoms with Gasteiger partial charge in [-0.25, -0.2) is 4.98 Å². The maximum atomic E-state index is 5.53. The highest BCUT2D eigenvalue weighted by Gasteiger charge is 2.13. The van der Waals surface area contributed by atoms with Gasteiger partial charge in [0.2, 0.25) is 0 Å². The summed E-state index contributed by atoms with van der Waals surface area (Å²) in [4.78, 5) is 7.76. The molecule has 0 radical (unpaired) electrons. The van der Waals surface area contributed by atoms with Gasteiger partial charge in [-0.3, -0.25) is 0 Å². The Balaban J connectivity index is 2.71. The molecule has 106 valence electrons. The summed E-state index contributed by atoms with van der Waals surface area (Å²) in [6.45, 7) is 8.33. The number of aromatic nitrogens is 2. The zero-order valence-corrected chi connectivity index (χ0v) is 13.4. The second-order valence-electron chi connectivity index (χ2n) is 5.33. The number of aromatic amines is 1. The smallest absolute Gasteiger partial charge is 0.130 e. The van der Waals surface area contributed by atoms with E-state index in [0.29, 0.717) is 10.6 Å². The van der Waals surface area contributed by atoms with Gasteiger partial charge in [-0.1, -0.05) is 32.1 Å². The maximum absolute atomic E-state index is 5.53. The summed E-state index contributed by atoms with van der Waals surface area (Å²) in [5.74, 6) is 2.05. The highest BCUT2D eigenvalue weighted by atomic mass is 32.1. The molecule has 0 aliphatic carbocycles. The molecule has 0 amide bonds. The second-order valence-corrected chi connectivity index (χ2v) is 5.75. The first-order chi connectivity index (χ1) is 9.42. The first-order valence-corrected chi connectivity index (χ1v) is 7.10. The summed E-state index contributed by atoms with van der Waals surface area (Å²) in [5, 5.41) is 0. The van der Waals surface area contributed by atoms with Gasteiger partial charge in [0.25, 0.3) is 0 Å². The van der Waals surface area contributed by atoms with Gasteiger partial charge >= 0.3 is 0 Å². The summed E-state index contributed by atoms with van der Waals surface area (Å²) >= 11 is 5.28. The van der Waals surface area contributed by atoms with Crippen molar-refractivity contribution in [2.45, 2.75) is 33.6 Å². The number of hydrogen-bond donors (Lipinski definition) is 1. The lowest BCUT2D eigenvalue weighted by Crippen LogP contribution is -2.01. The molecule has 1 heterocycles. The van der Waals surface area contributed by atoms with Crippen molar-refractivity contribution >= 4 is 12.2 Å². The molecule has 2 aromatic rings. The van der Waals surface area contributed by atoms with E-state index in [1.807, 2.05) is 12.1 Å². The maximum Gasteiger partial charge on any atom is 0.130 e. The minimum absolute atomic E-state index is 0.299. The predicted molar refractivity (Wildman–Crippen MR) is 85.0 cm³/mol. The fourth-order valence-corrected chi connectivity index (χ4v) is 2.54. The molecule has 1 aromatic heterocycles.